The summed E-state index contributed by atoms with van der Waals surface area (Å²) in [5.41, 5.74) is 1.92. The van der Waals surface area contributed by atoms with Crippen molar-refractivity contribution < 1.29 is 19.0 Å². The molecule has 1 N–H and O–H groups in total. The lowest BCUT2D eigenvalue weighted by Gasteiger charge is -2.44. The molecule has 0 spiro atoms. The van der Waals surface area contributed by atoms with Crippen molar-refractivity contribution in [1.29, 1.82) is 0 Å². The number of aliphatic hydroxyl groups excluding tert-OH is 1. The van der Waals surface area contributed by atoms with Gasteiger partial charge in [-0.15, -0.1) is 6.58 Å². The van der Waals surface area contributed by atoms with Gasteiger partial charge in [0, 0.05) is 0 Å². The minimum absolute atomic E-state index is 0.157. The summed E-state index contributed by atoms with van der Waals surface area (Å²) in [5.74, 6) is 0.799. The fourth-order valence-electron chi connectivity index (χ4n) is 4.65. The summed E-state index contributed by atoms with van der Waals surface area (Å²) >= 11 is 0. The predicted molar refractivity (Wildman–Crippen MR) is 151 cm³/mol. The lowest BCUT2D eigenvalue weighted by molar-refractivity contribution is -0.0668. The third kappa shape index (κ3) is 6.74. The smallest absolute Gasteiger partial charge is 0.261 e. The highest BCUT2D eigenvalue weighted by Crippen LogP contribution is 2.37. The van der Waals surface area contributed by atoms with Gasteiger partial charge in [0.25, 0.3) is 8.32 Å². The SMILES string of the molecule is C=C(C)C[C@@H](O)[C@@H](CO[Si](c1ccccc1)(c1ccccc1)C(C)(C)C)OCc1ccc(OC)cc1. The van der Waals surface area contributed by atoms with Crippen molar-refractivity contribution in [1.82, 2.24) is 0 Å². The van der Waals surface area contributed by atoms with E-state index in [0.29, 0.717) is 13.0 Å². The monoisotopic (exact) mass is 504 g/mol. The highest BCUT2D eigenvalue weighted by Gasteiger charge is 2.50. The van der Waals surface area contributed by atoms with Gasteiger partial charge in [0.05, 0.1) is 26.4 Å². The molecule has 0 fully saturated rings. The van der Waals surface area contributed by atoms with Crippen LogP contribution in [0.25, 0.3) is 0 Å². The van der Waals surface area contributed by atoms with Crippen LogP contribution in [0.5, 0.6) is 5.75 Å². The maximum Gasteiger partial charge on any atom is 0.261 e. The first-order valence-electron chi connectivity index (χ1n) is 12.5. The molecular formula is C31H40O4Si. The molecule has 0 saturated heterocycles. The van der Waals surface area contributed by atoms with Crippen LogP contribution in [-0.2, 0) is 15.8 Å². The van der Waals surface area contributed by atoms with Crippen molar-refractivity contribution in [2.75, 3.05) is 13.7 Å². The molecule has 3 aromatic rings. The highest BCUT2D eigenvalue weighted by molar-refractivity contribution is 6.99. The third-order valence-electron chi connectivity index (χ3n) is 6.49. The quantitative estimate of drug-likeness (QED) is 0.262. The van der Waals surface area contributed by atoms with E-state index in [9.17, 15) is 5.11 Å². The molecule has 5 heteroatoms. The van der Waals surface area contributed by atoms with Crippen molar-refractivity contribution in [2.45, 2.75) is 58.0 Å². The van der Waals surface area contributed by atoms with Gasteiger partial charge >= 0.3 is 0 Å². The second-order valence-electron chi connectivity index (χ2n) is 10.4. The van der Waals surface area contributed by atoms with E-state index in [0.717, 1.165) is 16.9 Å². The summed E-state index contributed by atoms with van der Waals surface area (Å²) in [7, 11) is -1.10. The van der Waals surface area contributed by atoms with Gasteiger partial charge in [-0.2, -0.15) is 0 Å². The molecule has 0 aliphatic carbocycles. The largest absolute Gasteiger partial charge is 0.497 e. The van der Waals surface area contributed by atoms with E-state index < -0.39 is 20.5 Å². The summed E-state index contributed by atoms with van der Waals surface area (Å²) in [6.45, 7) is 13.3. The second kappa shape index (κ2) is 12.5. The Kier molecular flexibility index (Phi) is 9.68. The number of rotatable bonds is 12. The Hall–Kier alpha value is -2.70. The summed E-state index contributed by atoms with van der Waals surface area (Å²) in [6, 6.07) is 28.8. The first-order chi connectivity index (χ1) is 17.2. The van der Waals surface area contributed by atoms with Gasteiger partial charge in [0.1, 0.15) is 11.9 Å². The van der Waals surface area contributed by atoms with Crippen molar-refractivity contribution in [2.24, 2.45) is 0 Å². The van der Waals surface area contributed by atoms with Gasteiger partial charge in [-0.25, -0.2) is 0 Å². The van der Waals surface area contributed by atoms with E-state index in [-0.39, 0.29) is 11.6 Å². The Labute approximate surface area is 217 Å². The Morgan fingerprint density at radius 2 is 1.42 bits per heavy atom. The molecule has 3 rings (SSSR count). The molecule has 0 heterocycles. The molecule has 4 nitrogen and oxygen atoms in total. The molecule has 192 valence electrons. The zero-order chi connectivity index (χ0) is 26.2. The number of hydrogen-bond acceptors (Lipinski definition) is 4. The molecule has 0 unspecified atom stereocenters. The van der Waals surface area contributed by atoms with Crippen LogP contribution in [0.3, 0.4) is 0 Å². The molecule has 3 aromatic carbocycles. The zero-order valence-corrected chi connectivity index (χ0v) is 23.2. The molecule has 2 atom stereocenters. The maximum atomic E-state index is 11.1. The molecule has 0 bridgehead atoms. The van der Waals surface area contributed by atoms with E-state index in [4.69, 9.17) is 13.9 Å². The molecule has 0 aliphatic rings. The van der Waals surface area contributed by atoms with E-state index in [2.05, 4.69) is 75.9 Å². The summed E-state index contributed by atoms with van der Waals surface area (Å²) in [4.78, 5) is 0. The van der Waals surface area contributed by atoms with E-state index >= 15 is 0 Å². The Morgan fingerprint density at radius 1 is 0.889 bits per heavy atom. The van der Waals surface area contributed by atoms with Crippen molar-refractivity contribution in [3.05, 3.63) is 103 Å². The summed E-state index contributed by atoms with van der Waals surface area (Å²) < 4.78 is 18.6. The standard InChI is InChI=1S/C31H40O4Si/c1-24(2)21-29(32)30(34-22-25-17-19-26(33-6)20-18-25)23-35-36(31(3,4)5,27-13-9-7-10-14-27)28-15-11-8-12-16-28/h7-20,29-30,32H,1,21-23H2,2-6H3/t29-,30-/m1/s1. The average molecular weight is 505 g/mol. The van der Waals surface area contributed by atoms with Crippen molar-refractivity contribution in [3.8, 4) is 5.75 Å². The van der Waals surface area contributed by atoms with Gasteiger partial charge in [0.15, 0.2) is 0 Å². The van der Waals surface area contributed by atoms with Crippen LogP contribution >= 0.6 is 0 Å². The van der Waals surface area contributed by atoms with Crippen LogP contribution in [0.4, 0.5) is 0 Å². The van der Waals surface area contributed by atoms with Gasteiger partial charge in [-0.1, -0.05) is 99.1 Å². The first-order valence-corrected chi connectivity index (χ1v) is 14.4. The predicted octanol–water partition coefficient (Wildman–Crippen LogP) is 5.48. The highest BCUT2D eigenvalue weighted by atomic mass is 28.4. The Bertz CT molecular complexity index is 1040. The molecule has 0 aliphatic heterocycles. The van der Waals surface area contributed by atoms with E-state index in [1.54, 1.807) is 7.11 Å². The van der Waals surface area contributed by atoms with E-state index in [1.807, 2.05) is 43.3 Å². The maximum absolute atomic E-state index is 11.1. The number of ether oxygens (including phenoxy) is 2. The first kappa shape index (κ1) is 27.9. The van der Waals surface area contributed by atoms with Gasteiger partial charge < -0.3 is 19.0 Å². The summed E-state index contributed by atoms with van der Waals surface area (Å²) in [6.07, 6.45) is -0.776. The molecule has 36 heavy (non-hydrogen) atoms. The van der Waals surface area contributed by atoms with Crippen LogP contribution in [0.15, 0.2) is 97.1 Å². The number of hydrogen-bond donors (Lipinski definition) is 1. The molecule has 0 saturated carbocycles. The van der Waals surface area contributed by atoms with Crippen LogP contribution < -0.4 is 15.1 Å². The normalized spacial score (nSPS) is 13.7. The Balaban J connectivity index is 1.93. The average Bonchev–Trinajstić information content (AvgIpc) is 2.86. The third-order valence-corrected chi connectivity index (χ3v) is 11.5. The molecular weight excluding hydrogens is 464 g/mol. The van der Waals surface area contributed by atoms with E-state index in [1.165, 1.54) is 10.4 Å². The lowest BCUT2D eigenvalue weighted by Crippen LogP contribution is -2.67. The minimum atomic E-state index is -2.75. The number of benzene rings is 3. The summed E-state index contributed by atoms with van der Waals surface area (Å²) in [5, 5.41) is 13.4. The number of aliphatic hydroxyl groups is 1. The molecule has 0 amide bonds. The zero-order valence-electron chi connectivity index (χ0n) is 22.2. The van der Waals surface area contributed by atoms with Crippen molar-refractivity contribution in [3.63, 3.8) is 0 Å². The lowest BCUT2D eigenvalue weighted by atomic mass is 10.1. The van der Waals surface area contributed by atoms with Crippen LogP contribution in [-0.4, -0.2) is 39.3 Å². The number of methoxy groups -OCH3 is 1. The van der Waals surface area contributed by atoms with Crippen LogP contribution in [0, 0.1) is 0 Å². The topological polar surface area (TPSA) is 47.9 Å². The van der Waals surface area contributed by atoms with Gasteiger partial charge in [0.2, 0.25) is 0 Å². The van der Waals surface area contributed by atoms with Crippen molar-refractivity contribution >= 4 is 18.7 Å². The molecule has 0 aromatic heterocycles. The van der Waals surface area contributed by atoms with Crippen LogP contribution in [0.2, 0.25) is 5.04 Å². The van der Waals surface area contributed by atoms with Gasteiger partial charge in [-0.3, -0.25) is 0 Å². The fourth-order valence-corrected chi connectivity index (χ4v) is 9.22. The van der Waals surface area contributed by atoms with Crippen LogP contribution in [0.1, 0.15) is 39.7 Å². The fraction of sp³-hybridized carbons (Fsp3) is 0.355. The molecule has 0 radical (unpaired) electrons. The Morgan fingerprint density at radius 3 is 1.86 bits per heavy atom. The minimum Gasteiger partial charge on any atom is -0.497 e. The second-order valence-corrected chi connectivity index (χ2v) is 14.7. The van der Waals surface area contributed by atoms with Gasteiger partial charge in [-0.05, 0) is 46.5 Å².